The number of carbonyl (C=O) groups is 5. The van der Waals surface area contributed by atoms with Gasteiger partial charge in [0.1, 0.15) is 4.99 Å². The standard InChI is InChI=1S/C26H38N4O10S/c1-3-8-27-26(41)19-6-4-18(5-7-19)9-20(11-28(12-21(31)32)13-22(33)34)30(16-25(39)40)10-17(2)29(14-23(35)36)15-24(37)38/h4-7,17,20H,3,8-16H2,1-2H3,(H,27,41)(H,31,32)(H,33,34)(H,35,36)(H,37,38)(H,39,40). The molecule has 1 rings (SSSR count). The number of aliphatic carboxylic acids is 5. The molecule has 0 aromatic heterocycles. The molecule has 0 aliphatic heterocycles. The monoisotopic (exact) mass is 598 g/mol. The number of carboxylic acid groups (broad SMARTS) is 5. The van der Waals surface area contributed by atoms with Crippen LogP contribution in [0.4, 0.5) is 0 Å². The van der Waals surface area contributed by atoms with Crippen molar-refractivity contribution < 1.29 is 49.5 Å². The number of nitrogens with zero attached hydrogens (tertiary/aromatic N) is 3. The fourth-order valence-corrected chi connectivity index (χ4v) is 4.50. The maximum absolute atomic E-state index is 11.9. The van der Waals surface area contributed by atoms with Gasteiger partial charge in [-0.2, -0.15) is 0 Å². The Kier molecular flexibility index (Phi) is 15.4. The maximum atomic E-state index is 11.9. The molecule has 2 unspecified atom stereocenters. The molecule has 14 nitrogen and oxygen atoms in total. The van der Waals surface area contributed by atoms with E-state index in [1.165, 1.54) is 14.7 Å². The summed E-state index contributed by atoms with van der Waals surface area (Å²) in [7, 11) is 0. The Morgan fingerprint density at radius 2 is 1.22 bits per heavy atom. The van der Waals surface area contributed by atoms with Crippen LogP contribution in [0.3, 0.4) is 0 Å². The Bertz CT molecular complexity index is 1040. The van der Waals surface area contributed by atoms with Gasteiger partial charge in [0.05, 0.1) is 32.7 Å². The van der Waals surface area contributed by atoms with E-state index in [0.717, 1.165) is 17.5 Å². The number of hydrogen-bond donors (Lipinski definition) is 6. The summed E-state index contributed by atoms with van der Waals surface area (Å²) in [4.78, 5) is 61.8. The minimum Gasteiger partial charge on any atom is -0.480 e. The Morgan fingerprint density at radius 1 is 0.756 bits per heavy atom. The highest BCUT2D eigenvalue weighted by Crippen LogP contribution is 2.15. The molecule has 0 aliphatic carbocycles. The minimum absolute atomic E-state index is 0.0887. The molecule has 0 amide bonds. The van der Waals surface area contributed by atoms with Crippen LogP contribution in [-0.4, -0.2) is 140 Å². The Labute approximate surface area is 243 Å². The molecule has 1 aromatic carbocycles. The highest BCUT2D eigenvalue weighted by molar-refractivity contribution is 7.80. The SMILES string of the molecule is CCCNC(=S)c1ccc(CC(CN(CC(=O)O)CC(=O)O)N(CC(=O)O)CC(C)N(CC(=O)O)CC(=O)O)cc1. The van der Waals surface area contributed by atoms with Crippen molar-refractivity contribution in [2.45, 2.75) is 38.8 Å². The van der Waals surface area contributed by atoms with Crippen molar-refractivity contribution in [3.8, 4) is 0 Å². The van der Waals surface area contributed by atoms with Crippen LogP contribution in [0.5, 0.6) is 0 Å². The second-order valence-corrected chi connectivity index (χ2v) is 10.0. The number of benzene rings is 1. The van der Waals surface area contributed by atoms with Crippen molar-refractivity contribution >= 4 is 47.1 Å². The van der Waals surface area contributed by atoms with Crippen molar-refractivity contribution in [1.82, 2.24) is 20.0 Å². The number of nitrogens with one attached hydrogen (secondary N) is 1. The van der Waals surface area contributed by atoms with Gasteiger partial charge in [-0.05, 0) is 25.3 Å². The van der Waals surface area contributed by atoms with Gasteiger partial charge in [0.2, 0.25) is 0 Å². The average molecular weight is 599 g/mol. The Balaban J connectivity index is 3.40. The molecule has 0 fully saturated rings. The van der Waals surface area contributed by atoms with Crippen molar-refractivity contribution in [1.29, 1.82) is 0 Å². The van der Waals surface area contributed by atoms with E-state index in [0.29, 0.717) is 11.5 Å². The molecule has 0 heterocycles. The fourth-order valence-electron chi connectivity index (χ4n) is 4.27. The van der Waals surface area contributed by atoms with E-state index in [-0.39, 0.29) is 19.5 Å². The molecular weight excluding hydrogens is 560 g/mol. The van der Waals surface area contributed by atoms with Gasteiger partial charge in [-0.3, -0.25) is 38.7 Å². The largest absolute Gasteiger partial charge is 0.480 e. The van der Waals surface area contributed by atoms with Crippen molar-refractivity contribution in [2.24, 2.45) is 0 Å². The van der Waals surface area contributed by atoms with Gasteiger partial charge in [0.15, 0.2) is 0 Å². The second kappa shape index (κ2) is 17.9. The lowest BCUT2D eigenvalue weighted by molar-refractivity contribution is -0.144. The van der Waals surface area contributed by atoms with Crippen LogP contribution in [0, 0.1) is 0 Å². The molecule has 6 N–H and O–H groups in total. The van der Waals surface area contributed by atoms with Crippen LogP contribution in [-0.2, 0) is 30.4 Å². The number of hydrogen-bond acceptors (Lipinski definition) is 9. The van der Waals surface area contributed by atoms with Gasteiger partial charge >= 0.3 is 29.8 Å². The number of rotatable bonds is 21. The molecule has 0 radical (unpaired) electrons. The van der Waals surface area contributed by atoms with Crippen LogP contribution < -0.4 is 5.32 Å². The summed E-state index contributed by atoms with van der Waals surface area (Å²) in [5.74, 6) is -6.29. The Morgan fingerprint density at radius 3 is 1.66 bits per heavy atom. The summed E-state index contributed by atoms with van der Waals surface area (Å²) in [6.07, 6.45) is 1.07. The quantitative estimate of drug-likeness (QED) is 0.103. The first kappa shape index (κ1) is 35.4. The first-order valence-corrected chi connectivity index (χ1v) is 13.3. The van der Waals surface area contributed by atoms with E-state index < -0.39 is 74.7 Å². The molecule has 1 aromatic rings. The topological polar surface area (TPSA) is 208 Å². The summed E-state index contributed by atoms with van der Waals surface area (Å²) >= 11 is 5.38. The number of thiocarbonyl (C=S) groups is 1. The first-order chi connectivity index (χ1) is 19.2. The maximum Gasteiger partial charge on any atom is 0.317 e. The third-order valence-corrected chi connectivity index (χ3v) is 6.44. The van der Waals surface area contributed by atoms with Gasteiger partial charge in [-0.25, -0.2) is 0 Å². The normalized spacial score (nSPS) is 12.7. The first-order valence-electron chi connectivity index (χ1n) is 12.9. The van der Waals surface area contributed by atoms with Crippen molar-refractivity contribution in [2.75, 3.05) is 52.4 Å². The van der Waals surface area contributed by atoms with Gasteiger partial charge in [0, 0.05) is 37.3 Å². The highest BCUT2D eigenvalue weighted by atomic mass is 32.1. The zero-order chi connectivity index (χ0) is 31.1. The van der Waals surface area contributed by atoms with E-state index >= 15 is 0 Å². The van der Waals surface area contributed by atoms with Gasteiger partial charge in [-0.15, -0.1) is 0 Å². The lowest BCUT2D eigenvalue weighted by Crippen LogP contribution is -2.54. The van der Waals surface area contributed by atoms with Crippen molar-refractivity contribution in [3.63, 3.8) is 0 Å². The fraction of sp³-hybridized carbons (Fsp3) is 0.538. The minimum atomic E-state index is -1.27. The van der Waals surface area contributed by atoms with Crippen LogP contribution in [0.25, 0.3) is 0 Å². The molecule has 0 bridgehead atoms. The van der Waals surface area contributed by atoms with Crippen LogP contribution >= 0.6 is 12.2 Å². The van der Waals surface area contributed by atoms with Crippen LogP contribution in [0.15, 0.2) is 24.3 Å². The molecule has 0 saturated heterocycles. The molecule has 0 spiro atoms. The smallest absolute Gasteiger partial charge is 0.317 e. The van der Waals surface area contributed by atoms with E-state index in [2.05, 4.69) is 5.32 Å². The van der Waals surface area contributed by atoms with E-state index in [9.17, 15) is 49.5 Å². The molecule has 228 valence electrons. The number of carboxylic acids is 5. The lowest BCUT2D eigenvalue weighted by atomic mass is 10.0. The molecule has 0 aliphatic rings. The zero-order valence-corrected chi connectivity index (χ0v) is 23.9. The summed E-state index contributed by atoms with van der Waals surface area (Å²) in [5, 5.41) is 50.0. The average Bonchev–Trinajstić information content (AvgIpc) is 2.84. The Hall–Kier alpha value is -3.66. The van der Waals surface area contributed by atoms with E-state index in [4.69, 9.17) is 12.2 Å². The zero-order valence-electron chi connectivity index (χ0n) is 23.1. The van der Waals surface area contributed by atoms with Gasteiger partial charge in [-0.1, -0.05) is 43.4 Å². The second-order valence-electron chi connectivity index (χ2n) is 9.63. The molecule has 15 heteroatoms. The molecule has 2 atom stereocenters. The molecule has 0 saturated carbocycles. The predicted molar refractivity (Wildman–Crippen MR) is 151 cm³/mol. The third kappa shape index (κ3) is 14.5. The summed E-state index contributed by atoms with van der Waals surface area (Å²) < 4.78 is 0. The van der Waals surface area contributed by atoms with Crippen LogP contribution in [0.2, 0.25) is 0 Å². The third-order valence-electron chi connectivity index (χ3n) is 6.06. The van der Waals surface area contributed by atoms with Gasteiger partial charge < -0.3 is 30.8 Å². The summed E-state index contributed by atoms with van der Waals surface area (Å²) in [5.41, 5.74) is 1.50. The van der Waals surface area contributed by atoms with Crippen molar-refractivity contribution in [3.05, 3.63) is 35.4 Å². The molecule has 41 heavy (non-hydrogen) atoms. The van der Waals surface area contributed by atoms with Crippen LogP contribution in [0.1, 0.15) is 31.4 Å². The predicted octanol–water partition coefficient (Wildman–Crippen LogP) is -0.00970. The molecular formula is C26H38N4O10S. The van der Waals surface area contributed by atoms with E-state index in [1.807, 2.05) is 6.92 Å². The van der Waals surface area contributed by atoms with Gasteiger partial charge in [0.25, 0.3) is 0 Å². The lowest BCUT2D eigenvalue weighted by Gasteiger charge is -2.37. The highest BCUT2D eigenvalue weighted by Gasteiger charge is 2.29. The summed E-state index contributed by atoms with van der Waals surface area (Å²) in [6, 6.07) is 5.67. The van der Waals surface area contributed by atoms with E-state index in [1.54, 1.807) is 31.2 Å². The summed E-state index contributed by atoms with van der Waals surface area (Å²) in [6.45, 7) is 1.07.